The zero-order chi connectivity index (χ0) is 14.1. The van der Waals surface area contributed by atoms with Gasteiger partial charge in [0, 0.05) is 3.57 Å². The van der Waals surface area contributed by atoms with Gasteiger partial charge >= 0.3 is 0 Å². The summed E-state index contributed by atoms with van der Waals surface area (Å²) in [4.78, 5) is 0. The molecule has 0 aliphatic heterocycles. The molecule has 100 valence electrons. The highest BCUT2D eigenvalue weighted by atomic mass is 127. The molecule has 1 atom stereocenters. The van der Waals surface area contributed by atoms with Crippen LogP contribution < -0.4 is 0 Å². The number of rotatable bonds is 2. The van der Waals surface area contributed by atoms with Crippen molar-refractivity contribution in [2.45, 2.75) is 12.3 Å². The lowest BCUT2D eigenvalue weighted by atomic mass is 9.95. The van der Waals surface area contributed by atoms with E-state index in [4.69, 9.17) is 11.6 Å². The first-order chi connectivity index (χ1) is 9.66. The van der Waals surface area contributed by atoms with Crippen LogP contribution in [0.1, 0.15) is 22.1 Å². The fraction of sp³-hybridized carbons (Fsp3) is 0.111. The minimum Gasteiger partial charge on any atom is -0.113 e. The van der Waals surface area contributed by atoms with Crippen LogP contribution in [0, 0.1) is 10.5 Å². The summed E-state index contributed by atoms with van der Waals surface area (Å²) in [5, 5.41) is 2.41. The van der Waals surface area contributed by atoms with Crippen molar-refractivity contribution >= 4 is 45.0 Å². The molecule has 0 saturated carbocycles. The fourth-order valence-corrected chi connectivity index (χ4v) is 3.43. The first-order valence-corrected chi connectivity index (χ1v) is 8.06. The number of fused-ring (bicyclic) bond motifs is 1. The Hall–Kier alpha value is -1.06. The summed E-state index contributed by atoms with van der Waals surface area (Å²) in [6.07, 6.45) is 0. The molecule has 2 heteroatoms. The van der Waals surface area contributed by atoms with Crippen LogP contribution in [0.25, 0.3) is 10.8 Å². The standard InChI is InChI=1S/C18H14ClI/c1-12-9-10-17(16-8-3-2-7-15(12)16)18(19)13-5-4-6-14(20)11-13/h2-11,18H,1H3. The molecule has 0 fully saturated rings. The van der Waals surface area contributed by atoms with Crippen molar-refractivity contribution in [3.63, 3.8) is 0 Å². The maximum atomic E-state index is 6.73. The molecule has 0 aliphatic carbocycles. The van der Waals surface area contributed by atoms with E-state index in [9.17, 15) is 0 Å². The highest BCUT2D eigenvalue weighted by Crippen LogP contribution is 2.35. The lowest BCUT2D eigenvalue weighted by Crippen LogP contribution is -1.96. The van der Waals surface area contributed by atoms with E-state index in [0.29, 0.717) is 0 Å². The smallest absolute Gasteiger partial charge is 0.0841 e. The summed E-state index contributed by atoms with van der Waals surface area (Å²) in [6.45, 7) is 2.14. The molecule has 1 unspecified atom stereocenters. The zero-order valence-corrected chi connectivity index (χ0v) is 14.0. The number of hydrogen-bond acceptors (Lipinski definition) is 0. The molecule has 3 aromatic carbocycles. The number of halogens is 2. The highest BCUT2D eigenvalue weighted by molar-refractivity contribution is 14.1. The molecule has 3 rings (SSSR count). The highest BCUT2D eigenvalue weighted by Gasteiger charge is 2.14. The van der Waals surface area contributed by atoms with Gasteiger partial charge in [0.25, 0.3) is 0 Å². The molecule has 0 aromatic heterocycles. The lowest BCUT2D eigenvalue weighted by molar-refractivity contribution is 1.15. The van der Waals surface area contributed by atoms with Gasteiger partial charge in [0.15, 0.2) is 0 Å². The number of aryl methyl sites for hydroxylation is 1. The van der Waals surface area contributed by atoms with Crippen LogP contribution >= 0.6 is 34.2 Å². The Labute approximate surface area is 137 Å². The van der Waals surface area contributed by atoms with Crippen LogP contribution in [0.3, 0.4) is 0 Å². The van der Waals surface area contributed by atoms with Crippen LogP contribution in [0.2, 0.25) is 0 Å². The number of benzene rings is 3. The van der Waals surface area contributed by atoms with Crippen molar-refractivity contribution in [3.05, 3.63) is 80.9 Å². The topological polar surface area (TPSA) is 0 Å². The van der Waals surface area contributed by atoms with Gasteiger partial charge in [-0.25, -0.2) is 0 Å². The summed E-state index contributed by atoms with van der Waals surface area (Å²) in [5.41, 5.74) is 3.61. The van der Waals surface area contributed by atoms with Crippen LogP contribution in [0.4, 0.5) is 0 Å². The van der Waals surface area contributed by atoms with Crippen molar-refractivity contribution in [1.82, 2.24) is 0 Å². The summed E-state index contributed by atoms with van der Waals surface area (Å²) in [6, 6.07) is 21.1. The first kappa shape index (κ1) is 13.9. The fourth-order valence-electron chi connectivity index (χ4n) is 2.54. The van der Waals surface area contributed by atoms with Gasteiger partial charge in [-0.3, -0.25) is 0 Å². The Bertz CT molecular complexity index is 764. The molecule has 0 aliphatic rings. The Morgan fingerprint density at radius 3 is 2.40 bits per heavy atom. The summed E-state index contributed by atoms with van der Waals surface area (Å²) >= 11 is 9.05. The summed E-state index contributed by atoms with van der Waals surface area (Å²) in [7, 11) is 0. The van der Waals surface area contributed by atoms with Gasteiger partial charge in [-0.1, -0.05) is 48.5 Å². The van der Waals surface area contributed by atoms with Gasteiger partial charge in [0.05, 0.1) is 5.38 Å². The molecular weight excluding hydrogens is 379 g/mol. The van der Waals surface area contributed by atoms with Crippen LogP contribution in [0.5, 0.6) is 0 Å². The van der Waals surface area contributed by atoms with E-state index in [1.54, 1.807) is 0 Å². The van der Waals surface area contributed by atoms with Crippen molar-refractivity contribution in [2.24, 2.45) is 0 Å². The van der Waals surface area contributed by atoms with Crippen molar-refractivity contribution in [1.29, 1.82) is 0 Å². The molecule has 3 aromatic rings. The van der Waals surface area contributed by atoms with Gasteiger partial charge in [-0.2, -0.15) is 0 Å². The largest absolute Gasteiger partial charge is 0.113 e. The third kappa shape index (κ3) is 2.57. The van der Waals surface area contributed by atoms with Gasteiger partial charge in [0.1, 0.15) is 0 Å². The van der Waals surface area contributed by atoms with Crippen LogP contribution in [-0.2, 0) is 0 Å². The van der Waals surface area contributed by atoms with Gasteiger partial charge in [0.2, 0.25) is 0 Å². The Morgan fingerprint density at radius 2 is 1.65 bits per heavy atom. The first-order valence-electron chi connectivity index (χ1n) is 6.54. The monoisotopic (exact) mass is 392 g/mol. The summed E-state index contributed by atoms with van der Waals surface area (Å²) in [5.74, 6) is 0. The third-order valence-corrected chi connectivity index (χ3v) is 4.75. The molecule has 0 bridgehead atoms. The number of alkyl halides is 1. The second-order valence-corrected chi connectivity index (χ2v) is 6.62. The molecule has 0 spiro atoms. The van der Waals surface area contributed by atoms with E-state index in [-0.39, 0.29) is 5.38 Å². The summed E-state index contributed by atoms with van der Waals surface area (Å²) < 4.78 is 1.21. The van der Waals surface area contributed by atoms with Crippen molar-refractivity contribution < 1.29 is 0 Å². The van der Waals surface area contributed by atoms with Crippen molar-refractivity contribution in [2.75, 3.05) is 0 Å². The zero-order valence-electron chi connectivity index (χ0n) is 11.1. The Balaban J connectivity index is 2.17. The van der Waals surface area contributed by atoms with E-state index >= 15 is 0 Å². The second-order valence-electron chi connectivity index (χ2n) is 4.93. The molecule has 0 amide bonds. The van der Waals surface area contributed by atoms with Crippen molar-refractivity contribution in [3.8, 4) is 0 Å². The minimum atomic E-state index is -0.116. The van der Waals surface area contributed by atoms with E-state index in [0.717, 1.165) is 5.56 Å². The molecule has 0 heterocycles. The molecule has 0 saturated heterocycles. The maximum Gasteiger partial charge on any atom is 0.0841 e. The minimum absolute atomic E-state index is 0.116. The predicted octanol–water partition coefficient (Wildman–Crippen LogP) is 6.08. The molecule has 20 heavy (non-hydrogen) atoms. The van der Waals surface area contributed by atoms with E-state index in [2.05, 4.69) is 90.2 Å². The maximum absolute atomic E-state index is 6.73. The normalized spacial score (nSPS) is 12.6. The van der Waals surface area contributed by atoms with E-state index in [1.807, 2.05) is 0 Å². The average molecular weight is 393 g/mol. The predicted molar refractivity (Wildman–Crippen MR) is 95.5 cm³/mol. The average Bonchev–Trinajstić information content (AvgIpc) is 2.47. The lowest BCUT2D eigenvalue weighted by Gasteiger charge is -2.15. The van der Waals surface area contributed by atoms with E-state index in [1.165, 1.54) is 25.5 Å². The van der Waals surface area contributed by atoms with Gasteiger partial charge in [-0.05, 0) is 69.1 Å². The van der Waals surface area contributed by atoms with Crippen LogP contribution in [0.15, 0.2) is 60.7 Å². The Morgan fingerprint density at radius 1 is 0.900 bits per heavy atom. The molecule has 0 radical (unpaired) electrons. The van der Waals surface area contributed by atoms with Gasteiger partial charge < -0.3 is 0 Å². The quantitative estimate of drug-likeness (QED) is 0.366. The Kier molecular flexibility index (Phi) is 3.99. The SMILES string of the molecule is Cc1ccc(C(Cl)c2cccc(I)c2)c2ccccc12. The molecule has 0 nitrogen and oxygen atoms in total. The van der Waals surface area contributed by atoms with Crippen LogP contribution in [-0.4, -0.2) is 0 Å². The van der Waals surface area contributed by atoms with Gasteiger partial charge in [-0.15, -0.1) is 11.6 Å². The molecule has 0 N–H and O–H groups in total. The second kappa shape index (κ2) is 5.74. The molecular formula is C18H14ClI. The third-order valence-electron chi connectivity index (χ3n) is 3.59. The van der Waals surface area contributed by atoms with E-state index < -0.39 is 0 Å². The number of hydrogen-bond donors (Lipinski definition) is 0.